The van der Waals surface area contributed by atoms with Gasteiger partial charge >= 0.3 is 12.1 Å². The van der Waals surface area contributed by atoms with Crippen molar-refractivity contribution in [3.8, 4) is 11.1 Å². The second-order valence-electron chi connectivity index (χ2n) is 9.15. The molecule has 0 aromatic heterocycles. The van der Waals surface area contributed by atoms with Crippen LogP contribution in [0.25, 0.3) is 11.1 Å². The Kier molecular flexibility index (Phi) is 8.33. The number of rotatable bonds is 9. The number of fused-ring (bicyclic) bond motifs is 3. The summed E-state index contributed by atoms with van der Waals surface area (Å²) in [7, 11) is 0. The van der Waals surface area contributed by atoms with E-state index in [0.717, 1.165) is 35.1 Å². The summed E-state index contributed by atoms with van der Waals surface area (Å²) in [6.45, 7) is 0.167. The van der Waals surface area contributed by atoms with Crippen LogP contribution in [0.3, 0.4) is 0 Å². The highest BCUT2D eigenvalue weighted by atomic mass is 32.2. The van der Waals surface area contributed by atoms with Gasteiger partial charge in [0.15, 0.2) is 0 Å². The van der Waals surface area contributed by atoms with Gasteiger partial charge in [0, 0.05) is 12.0 Å². The third-order valence-corrected chi connectivity index (χ3v) is 7.62. The number of hydrogen-bond donors (Lipinski definition) is 3. The van der Waals surface area contributed by atoms with Crippen molar-refractivity contribution in [2.45, 2.75) is 50.1 Å². The summed E-state index contributed by atoms with van der Waals surface area (Å²) in [6, 6.07) is 15.0. The Morgan fingerprint density at radius 1 is 1.03 bits per heavy atom. The number of carboxylic acid groups (broad SMARTS) is 1. The quantitative estimate of drug-likeness (QED) is 0.475. The van der Waals surface area contributed by atoms with Crippen molar-refractivity contribution in [3.05, 3.63) is 59.7 Å². The van der Waals surface area contributed by atoms with Gasteiger partial charge in [0.25, 0.3) is 0 Å². The highest BCUT2D eigenvalue weighted by molar-refractivity contribution is 7.98. The predicted molar refractivity (Wildman–Crippen MR) is 137 cm³/mol. The van der Waals surface area contributed by atoms with Gasteiger partial charge < -0.3 is 20.5 Å². The number of alkyl carbamates (subject to hydrolysis) is 1. The Bertz CT molecular complexity index is 1030. The fourth-order valence-electron chi connectivity index (χ4n) is 5.17. The van der Waals surface area contributed by atoms with Gasteiger partial charge in [0.2, 0.25) is 5.91 Å². The Morgan fingerprint density at radius 3 is 2.29 bits per heavy atom. The van der Waals surface area contributed by atoms with E-state index in [9.17, 15) is 19.5 Å². The number of thioether (sulfide) groups is 1. The molecule has 186 valence electrons. The lowest BCUT2D eigenvalue weighted by Gasteiger charge is -2.30. The van der Waals surface area contributed by atoms with E-state index in [2.05, 4.69) is 34.9 Å². The van der Waals surface area contributed by atoms with E-state index >= 15 is 0 Å². The molecule has 2 aliphatic rings. The molecule has 2 aromatic carbocycles. The van der Waals surface area contributed by atoms with Crippen LogP contribution >= 0.6 is 11.8 Å². The van der Waals surface area contributed by atoms with Crippen LogP contribution in [0.4, 0.5) is 4.79 Å². The molecule has 0 radical (unpaired) electrons. The largest absolute Gasteiger partial charge is 0.481 e. The Balaban J connectivity index is 1.39. The van der Waals surface area contributed by atoms with E-state index in [1.165, 1.54) is 0 Å². The van der Waals surface area contributed by atoms with Crippen LogP contribution in [-0.4, -0.2) is 53.8 Å². The van der Waals surface area contributed by atoms with Crippen molar-refractivity contribution in [1.82, 2.24) is 10.6 Å². The summed E-state index contributed by atoms with van der Waals surface area (Å²) in [6.07, 6.45) is 4.62. The molecule has 0 bridgehead atoms. The van der Waals surface area contributed by atoms with Crippen LogP contribution in [-0.2, 0) is 14.3 Å². The molecule has 1 saturated carbocycles. The normalized spacial score (nSPS) is 19.8. The smallest absolute Gasteiger partial charge is 0.407 e. The Hall–Kier alpha value is -3.00. The van der Waals surface area contributed by atoms with Crippen LogP contribution < -0.4 is 10.6 Å². The van der Waals surface area contributed by atoms with E-state index in [-0.39, 0.29) is 18.4 Å². The van der Waals surface area contributed by atoms with Gasteiger partial charge in [-0.1, -0.05) is 61.4 Å². The number of carbonyl (C=O) groups is 3. The zero-order valence-corrected chi connectivity index (χ0v) is 20.7. The molecule has 4 rings (SSSR count). The summed E-state index contributed by atoms with van der Waals surface area (Å²) < 4.78 is 5.62. The van der Waals surface area contributed by atoms with Gasteiger partial charge in [-0.2, -0.15) is 11.8 Å². The Morgan fingerprint density at radius 2 is 1.66 bits per heavy atom. The lowest BCUT2D eigenvalue weighted by Crippen LogP contribution is -2.53. The van der Waals surface area contributed by atoms with Crippen LogP contribution in [0.1, 0.15) is 49.1 Å². The zero-order chi connectivity index (χ0) is 24.8. The van der Waals surface area contributed by atoms with E-state index in [1.807, 2.05) is 30.5 Å². The first-order chi connectivity index (χ1) is 17.0. The molecular formula is C27H32N2O5S. The molecule has 0 unspecified atom stereocenters. The number of carbonyl (C=O) groups excluding carboxylic acids is 2. The zero-order valence-electron chi connectivity index (χ0n) is 19.9. The summed E-state index contributed by atoms with van der Waals surface area (Å²) in [5.41, 5.74) is 4.54. The summed E-state index contributed by atoms with van der Waals surface area (Å²) >= 11 is 1.58. The molecule has 0 saturated heterocycles. The number of amides is 2. The van der Waals surface area contributed by atoms with Gasteiger partial charge in [-0.15, -0.1) is 0 Å². The molecule has 3 atom stereocenters. The molecule has 7 nitrogen and oxygen atoms in total. The van der Waals surface area contributed by atoms with Crippen LogP contribution in [0, 0.1) is 5.92 Å². The third kappa shape index (κ3) is 5.81. The van der Waals surface area contributed by atoms with E-state index < -0.39 is 30.1 Å². The molecule has 0 spiro atoms. The molecule has 0 heterocycles. The standard InChI is InChI=1S/C27H32N2O5S/c1-35-15-14-24(25(30)28-23-13-7-6-12-21(23)26(31)32)29-27(33)34-16-22-19-10-4-2-8-17(19)18-9-3-5-11-20(18)22/h2-5,8-11,21-24H,6-7,12-16H2,1H3,(H,28,30)(H,29,33)(H,31,32)/t21-,23+,24-/m1/s1. The summed E-state index contributed by atoms with van der Waals surface area (Å²) in [4.78, 5) is 37.4. The average Bonchev–Trinajstić information content (AvgIpc) is 3.19. The Labute approximate surface area is 210 Å². The van der Waals surface area contributed by atoms with Gasteiger partial charge in [-0.05, 0) is 53.5 Å². The van der Waals surface area contributed by atoms with Crippen molar-refractivity contribution < 1.29 is 24.2 Å². The number of nitrogens with one attached hydrogen (secondary N) is 2. The minimum atomic E-state index is -0.889. The number of benzene rings is 2. The van der Waals surface area contributed by atoms with E-state index in [1.54, 1.807) is 11.8 Å². The van der Waals surface area contributed by atoms with E-state index in [4.69, 9.17) is 4.74 Å². The molecule has 3 N–H and O–H groups in total. The summed E-state index contributed by atoms with van der Waals surface area (Å²) in [5, 5.41) is 15.1. The van der Waals surface area contributed by atoms with E-state index in [0.29, 0.717) is 25.0 Å². The fourth-order valence-corrected chi connectivity index (χ4v) is 5.64. The van der Waals surface area contributed by atoms with Gasteiger partial charge in [-0.3, -0.25) is 9.59 Å². The van der Waals surface area contributed by atoms with Crippen molar-refractivity contribution in [2.24, 2.45) is 5.92 Å². The van der Waals surface area contributed by atoms with Crippen molar-refractivity contribution in [1.29, 1.82) is 0 Å². The topological polar surface area (TPSA) is 105 Å². The average molecular weight is 497 g/mol. The molecule has 8 heteroatoms. The molecule has 2 aliphatic carbocycles. The van der Waals surface area contributed by atoms with Crippen molar-refractivity contribution >= 4 is 29.7 Å². The number of hydrogen-bond acceptors (Lipinski definition) is 5. The number of ether oxygens (including phenoxy) is 1. The first-order valence-corrected chi connectivity index (χ1v) is 13.5. The third-order valence-electron chi connectivity index (χ3n) is 6.97. The minimum absolute atomic E-state index is 0.0646. The fraction of sp³-hybridized carbons (Fsp3) is 0.444. The molecule has 2 amide bonds. The highest BCUT2D eigenvalue weighted by Gasteiger charge is 2.34. The monoisotopic (exact) mass is 496 g/mol. The van der Waals surface area contributed by atoms with Gasteiger partial charge in [0.05, 0.1) is 5.92 Å². The molecule has 0 aliphatic heterocycles. The van der Waals surface area contributed by atoms with Crippen LogP contribution in [0.2, 0.25) is 0 Å². The van der Waals surface area contributed by atoms with Crippen molar-refractivity contribution in [2.75, 3.05) is 18.6 Å². The predicted octanol–water partition coefficient (Wildman–Crippen LogP) is 4.41. The molecular weight excluding hydrogens is 464 g/mol. The maximum Gasteiger partial charge on any atom is 0.407 e. The van der Waals surface area contributed by atoms with Crippen LogP contribution in [0.15, 0.2) is 48.5 Å². The second-order valence-corrected chi connectivity index (χ2v) is 10.1. The number of carboxylic acids is 1. The molecule has 35 heavy (non-hydrogen) atoms. The lowest BCUT2D eigenvalue weighted by molar-refractivity contribution is -0.144. The molecule has 1 fully saturated rings. The second kappa shape index (κ2) is 11.6. The first-order valence-electron chi connectivity index (χ1n) is 12.1. The highest BCUT2D eigenvalue weighted by Crippen LogP contribution is 2.44. The number of aliphatic carboxylic acids is 1. The van der Waals surface area contributed by atoms with Crippen LogP contribution in [0.5, 0.6) is 0 Å². The first kappa shape index (κ1) is 25.1. The molecule has 2 aromatic rings. The van der Waals surface area contributed by atoms with Gasteiger partial charge in [0.1, 0.15) is 12.6 Å². The maximum atomic E-state index is 13.0. The van der Waals surface area contributed by atoms with Gasteiger partial charge in [-0.25, -0.2) is 4.79 Å². The minimum Gasteiger partial charge on any atom is -0.481 e. The van der Waals surface area contributed by atoms with Crippen molar-refractivity contribution in [3.63, 3.8) is 0 Å². The lowest BCUT2D eigenvalue weighted by atomic mass is 9.84. The maximum absolute atomic E-state index is 13.0. The SMILES string of the molecule is CSCC[C@@H](NC(=O)OCC1c2ccccc2-c2ccccc21)C(=O)N[C@H]1CCCC[C@H]1C(=O)O. The summed E-state index contributed by atoms with van der Waals surface area (Å²) in [5.74, 6) is -1.23.